The second-order valence-corrected chi connectivity index (χ2v) is 10.3. The number of hydrogen-bond donors (Lipinski definition) is 1. The normalized spacial score (nSPS) is 16.5. The van der Waals surface area contributed by atoms with Crippen molar-refractivity contribution in [1.29, 1.82) is 0 Å². The van der Waals surface area contributed by atoms with Crippen LogP contribution < -0.4 is 15.1 Å². The molecule has 1 N–H and O–H groups in total. The van der Waals surface area contributed by atoms with Gasteiger partial charge in [0.15, 0.2) is 11.0 Å². The van der Waals surface area contributed by atoms with E-state index in [0.29, 0.717) is 34.9 Å². The number of amides is 1. The average molecular weight is 565 g/mol. The molecule has 0 radical (unpaired) electrons. The van der Waals surface area contributed by atoms with Crippen LogP contribution in [0.4, 0.5) is 18.9 Å². The summed E-state index contributed by atoms with van der Waals surface area (Å²) < 4.78 is 42.5. The first-order chi connectivity index (χ1) is 19.3. The number of thioether (sulfide) groups is 1. The van der Waals surface area contributed by atoms with E-state index in [2.05, 4.69) is 31.4 Å². The molecule has 3 aromatic carbocycles. The molecule has 0 unspecified atom stereocenters. The number of amidine groups is 1. The van der Waals surface area contributed by atoms with E-state index >= 15 is 0 Å². The number of rotatable bonds is 8. The fourth-order valence-corrected chi connectivity index (χ4v) is 5.24. The molecule has 0 spiro atoms. The largest absolute Gasteiger partial charge is 0.573 e. The molecule has 2 heterocycles. The molecule has 8 nitrogen and oxygen atoms in total. The molecular formula is C28H23F3N6O2S. The Bertz CT molecular complexity index is 1550. The lowest BCUT2D eigenvalue weighted by atomic mass is 10.1. The van der Waals surface area contributed by atoms with E-state index in [4.69, 9.17) is 0 Å². The van der Waals surface area contributed by atoms with Crippen molar-refractivity contribution in [2.24, 2.45) is 5.10 Å². The Morgan fingerprint density at radius 2 is 1.77 bits per heavy atom. The summed E-state index contributed by atoms with van der Waals surface area (Å²) in [6.45, 7) is 0.463. The van der Waals surface area contributed by atoms with Crippen LogP contribution in [0.25, 0.3) is 17.1 Å². The first-order valence-electron chi connectivity index (χ1n) is 12.6. The Morgan fingerprint density at radius 1 is 1.02 bits per heavy atom. The van der Waals surface area contributed by atoms with Crippen LogP contribution in [0, 0.1) is 0 Å². The summed E-state index contributed by atoms with van der Waals surface area (Å²) in [5.41, 5.74) is 7.52. The van der Waals surface area contributed by atoms with Crippen molar-refractivity contribution in [1.82, 2.24) is 20.2 Å². The molecule has 1 saturated carbocycles. The van der Waals surface area contributed by atoms with Gasteiger partial charge in [-0.25, -0.2) is 9.67 Å². The fourth-order valence-electron chi connectivity index (χ4n) is 4.40. The first-order valence-corrected chi connectivity index (χ1v) is 13.5. The molecule has 6 rings (SSSR count). The molecule has 12 heteroatoms. The van der Waals surface area contributed by atoms with Crippen LogP contribution in [0.1, 0.15) is 29.9 Å². The van der Waals surface area contributed by atoms with E-state index in [-0.39, 0.29) is 11.7 Å². The van der Waals surface area contributed by atoms with Crippen LogP contribution in [0.3, 0.4) is 0 Å². The summed E-state index contributed by atoms with van der Waals surface area (Å²) in [6.07, 6.45) is -0.950. The topological polar surface area (TPSA) is 84.6 Å². The fraction of sp³-hybridized carbons (Fsp3) is 0.214. The number of nitrogens with zero attached hydrogens (tertiary/aromatic N) is 5. The molecule has 2 fully saturated rings. The van der Waals surface area contributed by atoms with Gasteiger partial charge in [-0.2, -0.15) is 5.10 Å². The Kier molecular flexibility index (Phi) is 6.93. The maximum absolute atomic E-state index is 12.7. The second kappa shape index (κ2) is 10.7. The number of aromatic nitrogens is 3. The number of hydrazone groups is 1. The van der Waals surface area contributed by atoms with Crippen LogP contribution in [0.2, 0.25) is 0 Å². The number of carbonyl (C=O) groups is 1. The average Bonchev–Trinajstić information content (AvgIpc) is 3.56. The number of carbonyl (C=O) groups excluding carboxylic acids is 1. The Hall–Kier alpha value is -4.32. The number of ether oxygens (including phenoxy) is 1. The van der Waals surface area contributed by atoms with Crippen molar-refractivity contribution in [2.75, 3.05) is 10.7 Å². The van der Waals surface area contributed by atoms with Crippen LogP contribution in [0.5, 0.6) is 5.75 Å². The summed E-state index contributed by atoms with van der Waals surface area (Å²) in [5, 5.41) is 9.60. The van der Waals surface area contributed by atoms with E-state index in [9.17, 15) is 18.0 Å². The van der Waals surface area contributed by atoms with E-state index < -0.39 is 6.36 Å². The lowest BCUT2D eigenvalue weighted by Gasteiger charge is -2.19. The zero-order valence-electron chi connectivity index (χ0n) is 21.0. The number of para-hydroxylation sites is 1. The molecule has 1 aromatic heterocycles. The number of benzene rings is 3. The minimum atomic E-state index is -4.74. The molecular weight excluding hydrogens is 541 g/mol. The first kappa shape index (κ1) is 25.9. The number of anilines is 1. The lowest BCUT2D eigenvalue weighted by molar-refractivity contribution is -0.274. The van der Waals surface area contributed by atoms with Gasteiger partial charge in [-0.3, -0.25) is 9.69 Å². The predicted octanol–water partition coefficient (Wildman–Crippen LogP) is 5.85. The highest BCUT2D eigenvalue weighted by Gasteiger charge is 2.35. The standard InChI is InChI=1S/C28H23F3N6O2S/c29-28(30,31)39-22-13-11-21(12-14-22)36-17-32-26(35-36)20-7-5-18(6-8-20)15-33-34-27-37(25(38)16-40-27)24-4-2-1-3-23(24)19-9-10-19/h1-8,11-14,17,19,33H,9-10,15-16H2/b34-27+. The van der Waals surface area contributed by atoms with Gasteiger partial charge >= 0.3 is 6.36 Å². The van der Waals surface area contributed by atoms with Gasteiger partial charge in [0.1, 0.15) is 12.1 Å². The zero-order valence-corrected chi connectivity index (χ0v) is 21.8. The third-order valence-corrected chi connectivity index (χ3v) is 7.38. The minimum absolute atomic E-state index is 0.0283. The van der Waals surface area contributed by atoms with Crippen molar-refractivity contribution in [2.45, 2.75) is 31.7 Å². The van der Waals surface area contributed by atoms with E-state index in [1.165, 1.54) is 52.6 Å². The summed E-state index contributed by atoms with van der Waals surface area (Å²) in [5.74, 6) is 1.07. The molecule has 4 aromatic rings. The molecule has 2 aliphatic rings. The quantitative estimate of drug-likeness (QED) is 0.270. The third-order valence-electron chi connectivity index (χ3n) is 6.46. The van der Waals surface area contributed by atoms with Gasteiger partial charge in [0, 0.05) is 5.56 Å². The van der Waals surface area contributed by atoms with Gasteiger partial charge in [0.05, 0.1) is 23.7 Å². The van der Waals surface area contributed by atoms with Gasteiger partial charge in [-0.15, -0.1) is 18.3 Å². The third kappa shape index (κ3) is 5.81. The SMILES string of the molecule is O=C1CS/C(=N/NCc2ccc(-c3ncn(-c4ccc(OC(F)(F)F)cc4)n3)cc2)N1c1ccccc1C1CC1. The van der Waals surface area contributed by atoms with Gasteiger partial charge in [0.25, 0.3) is 0 Å². The van der Waals surface area contributed by atoms with Crippen molar-refractivity contribution < 1.29 is 22.7 Å². The molecule has 204 valence electrons. The highest BCUT2D eigenvalue weighted by atomic mass is 32.2. The number of nitrogens with one attached hydrogen (secondary N) is 1. The Labute approximate surface area is 231 Å². The van der Waals surface area contributed by atoms with Crippen LogP contribution in [-0.4, -0.2) is 38.0 Å². The van der Waals surface area contributed by atoms with Crippen molar-refractivity contribution >= 4 is 28.5 Å². The van der Waals surface area contributed by atoms with E-state index in [1.807, 2.05) is 42.5 Å². The zero-order chi connectivity index (χ0) is 27.7. The number of halogens is 3. The second-order valence-electron chi connectivity index (χ2n) is 9.33. The maximum Gasteiger partial charge on any atom is 0.573 e. The molecule has 1 aliphatic heterocycles. The van der Waals surface area contributed by atoms with Crippen LogP contribution in [0.15, 0.2) is 84.2 Å². The summed E-state index contributed by atoms with van der Waals surface area (Å²) in [6, 6.07) is 21.1. The summed E-state index contributed by atoms with van der Waals surface area (Å²) >= 11 is 1.42. The number of hydrogen-bond acceptors (Lipinski definition) is 7. The van der Waals surface area contributed by atoms with E-state index in [0.717, 1.165) is 29.7 Å². The molecule has 40 heavy (non-hydrogen) atoms. The smallest absolute Gasteiger partial charge is 0.406 e. The molecule has 0 bridgehead atoms. The molecule has 1 aliphatic carbocycles. The number of alkyl halides is 3. The molecule has 1 amide bonds. The van der Waals surface area contributed by atoms with Gasteiger partial charge in [-0.1, -0.05) is 54.2 Å². The molecule has 0 atom stereocenters. The van der Waals surface area contributed by atoms with Crippen LogP contribution in [-0.2, 0) is 11.3 Å². The lowest BCUT2D eigenvalue weighted by Crippen LogP contribution is -2.31. The van der Waals surface area contributed by atoms with Gasteiger partial charge in [-0.05, 0) is 60.2 Å². The summed E-state index contributed by atoms with van der Waals surface area (Å²) in [4.78, 5) is 18.7. The van der Waals surface area contributed by atoms with Gasteiger partial charge in [0.2, 0.25) is 5.91 Å². The Balaban J connectivity index is 1.09. The maximum atomic E-state index is 12.7. The van der Waals surface area contributed by atoms with Crippen molar-refractivity contribution in [3.05, 3.63) is 90.3 Å². The monoisotopic (exact) mass is 564 g/mol. The highest BCUT2D eigenvalue weighted by molar-refractivity contribution is 8.15. The van der Waals surface area contributed by atoms with Crippen molar-refractivity contribution in [3.8, 4) is 22.8 Å². The molecule has 1 saturated heterocycles. The van der Waals surface area contributed by atoms with Gasteiger partial charge < -0.3 is 10.2 Å². The highest BCUT2D eigenvalue weighted by Crippen LogP contribution is 2.45. The van der Waals surface area contributed by atoms with Crippen LogP contribution >= 0.6 is 11.8 Å². The Morgan fingerprint density at radius 3 is 2.50 bits per heavy atom. The predicted molar refractivity (Wildman–Crippen MR) is 146 cm³/mol. The van der Waals surface area contributed by atoms with E-state index in [1.54, 1.807) is 4.90 Å². The van der Waals surface area contributed by atoms with Crippen molar-refractivity contribution in [3.63, 3.8) is 0 Å². The minimum Gasteiger partial charge on any atom is -0.406 e. The summed E-state index contributed by atoms with van der Waals surface area (Å²) in [7, 11) is 0.